The lowest BCUT2D eigenvalue weighted by atomic mass is 10.0. The quantitative estimate of drug-likeness (QED) is 0.622. The second kappa shape index (κ2) is 4.80. The predicted octanol–water partition coefficient (Wildman–Crippen LogP) is -0.0915. The molecule has 2 atom stereocenters. The van der Waals surface area contributed by atoms with Gasteiger partial charge in [-0.15, -0.1) is 0 Å². The van der Waals surface area contributed by atoms with E-state index in [-0.39, 0.29) is 6.10 Å². The molecule has 0 aliphatic carbocycles. The summed E-state index contributed by atoms with van der Waals surface area (Å²) in [5, 5.41) is 12.7. The molecule has 0 aromatic carbocycles. The summed E-state index contributed by atoms with van der Waals surface area (Å²) in [5.41, 5.74) is 0. The average molecular weight is 172 g/mol. The molecular weight excluding hydrogens is 152 g/mol. The Hall–Kier alpha value is -0.120. The normalized spacial score (nSPS) is 30.0. The zero-order valence-electron chi connectivity index (χ0n) is 8.08. The summed E-state index contributed by atoms with van der Waals surface area (Å²) in [6.45, 7) is 2.91. The lowest BCUT2D eigenvalue weighted by Gasteiger charge is -2.14. The van der Waals surface area contributed by atoms with E-state index in [0.29, 0.717) is 5.92 Å². The minimum atomic E-state index is -0.104. The maximum atomic E-state index is 9.48. The molecular formula is C9H20N2O. The van der Waals surface area contributed by atoms with Crippen LogP contribution in [0.25, 0.3) is 0 Å². The van der Waals surface area contributed by atoms with Crippen molar-refractivity contribution in [2.75, 3.05) is 33.7 Å². The van der Waals surface area contributed by atoms with Crippen molar-refractivity contribution >= 4 is 0 Å². The molecule has 0 radical (unpaired) electrons. The van der Waals surface area contributed by atoms with Crippen molar-refractivity contribution in [1.29, 1.82) is 0 Å². The Bertz CT molecular complexity index is 128. The smallest absolute Gasteiger partial charge is 0.0704 e. The molecule has 1 saturated heterocycles. The van der Waals surface area contributed by atoms with E-state index in [0.717, 1.165) is 26.1 Å². The first-order valence-electron chi connectivity index (χ1n) is 4.73. The Kier molecular flexibility index (Phi) is 3.98. The van der Waals surface area contributed by atoms with Crippen molar-refractivity contribution in [1.82, 2.24) is 10.2 Å². The highest BCUT2D eigenvalue weighted by molar-refractivity contribution is 4.80. The highest BCUT2D eigenvalue weighted by atomic mass is 16.3. The van der Waals surface area contributed by atoms with Gasteiger partial charge in [-0.25, -0.2) is 0 Å². The Labute approximate surface area is 74.8 Å². The molecule has 1 rings (SSSR count). The molecule has 0 spiro atoms. The molecule has 12 heavy (non-hydrogen) atoms. The predicted molar refractivity (Wildman–Crippen MR) is 50.2 cm³/mol. The molecule has 0 bridgehead atoms. The van der Waals surface area contributed by atoms with Gasteiger partial charge in [-0.2, -0.15) is 0 Å². The van der Waals surface area contributed by atoms with E-state index in [1.54, 1.807) is 0 Å². The SMILES string of the molecule is CN(C)CCCC1CNCC1O. The third-order valence-electron chi connectivity index (χ3n) is 2.48. The van der Waals surface area contributed by atoms with Gasteiger partial charge in [0.2, 0.25) is 0 Å². The number of β-amino-alcohol motifs (C(OH)–C–C–N with tert-alkyl or cyclic N) is 1. The fraction of sp³-hybridized carbons (Fsp3) is 1.00. The molecule has 1 aliphatic heterocycles. The Morgan fingerprint density at radius 2 is 2.17 bits per heavy atom. The summed E-state index contributed by atoms with van der Waals surface area (Å²) >= 11 is 0. The topological polar surface area (TPSA) is 35.5 Å². The molecule has 3 nitrogen and oxygen atoms in total. The maximum absolute atomic E-state index is 9.48. The van der Waals surface area contributed by atoms with Gasteiger partial charge in [0.15, 0.2) is 0 Å². The van der Waals surface area contributed by atoms with Crippen LogP contribution >= 0.6 is 0 Å². The first-order chi connectivity index (χ1) is 5.70. The van der Waals surface area contributed by atoms with Crippen LogP contribution in [0.5, 0.6) is 0 Å². The molecule has 3 heteroatoms. The highest BCUT2D eigenvalue weighted by Gasteiger charge is 2.23. The van der Waals surface area contributed by atoms with Gasteiger partial charge in [0, 0.05) is 13.1 Å². The number of nitrogens with zero attached hydrogens (tertiary/aromatic N) is 1. The first kappa shape index (κ1) is 9.96. The molecule has 0 saturated carbocycles. The van der Waals surface area contributed by atoms with Crippen LogP contribution in [-0.4, -0.2) is 49.8 Å². The largest absolute Gasteiger partial charge is 0.391 e. The molecule has 0 amide bonds. The number of aliphatic hydroxyl groups excluding tert-OH is 1. The monoisotopic (exact) mass is 172 g/mol. The van der Waals surface area contributed by atoms with Gasteiger partial charge >= 0.3 is 0 Å². The van der Waals surface area contributed by atoms with Gasteiger partial charge < -0.3 is 15.3 Å². The van der Waals surface area contributed by atoms with Gasteiger partial charge in [0.05, 0.1) is 6.10 Å². The van der Waals surface area contributed by atoms with Crippen molar-refractivity contribution in [3.05, 3.63) is 0 Å². The zero-order valence-corrected chi connectivity index (χ0v) is 8.08. The summed E-state index contributed by atoms with van der Waals surface area (Å²) in [6.07, 6.45) is 2.23. The van der Waals surface area contributed by atoms with Crippen molar-refractivity contribution in [3.8, 4) is 0 Å². The van der Waals surface area contributed by atoms with E-state index >= 15 is 0 Å². The average Bonchev–Trinajstić information content (AvgIpc) is 2.36. The molecule has 0 aromatic rings. The van der Waals surface area contributed by atoms with Crippen LogP contribution in [-0.2, 0) is 0 Å². The van der Waals surface area contributed by atoms with Gasteiger partial charge in [-0.05, 0) is 39.4 Å². The van der Waals surface area contributed by atoms with E-state index in [1.165, 1.54) is 6.42 Å². The van der Waals surface area contributed by atoms with E-state index in [4.69, 9.17) is 0 Å². The van der Waals surface area contributed by atoms with E-state index < -0.39 is 0 Å². The van der Waals surface area contributed by atoms with Crippen LogP contribution in [0.3, 0.4) is 0 Å². The second-order valence-electron chi connectivity index (χ2n) is 3.93. The van der Waals surface area contributed by atoms with Crippen LogP contribution in [0.2, 0.25) is 0 Å². The summed E-state index contributed by atoms with van der Waals surface area (Å²) in [6, 6.07) is 0. The van der Waals surface area contributed by atoms with Gasteiger partial charge in [0.25, 0.3) is 0 Å². The van der Waals surface area contributed by atoms with Gasteiger partial charge in [-0.3, -0.25) is 0 Å². The fourth-order valence-electron chi connectivity index (χ4n) is 1.68. The lowest BCUT2D eigenvalue weighted by molar-refractivity contribution is 0.140. The summed E-state index contributed by atoms with van der Waals surface area (Å²) in [5.74, 6) is 0.491. The number of rotatable bonds is 4. The summed E-state index contributed by atoms with van der Waals surface area (Å²) < 4.78 is 0. The second-order valence-corrected chi connectivity index (χ2v) is 3.93. The fourth-order valence-corrected chi connectivity index (χ4v) is 1.68. The number of aliphatic hydroxyl groups is 1. The van der Waals surface area contributed by atoms with Gasteiger partial charge in [-0.1, -0.05) is 0 Å². The molecule has 0 aromatic heterocycles. The Balaban J connectivity index is 2.06. The minimum Gasteiger partial charge on any atom is -0.391 e. The highest BCUT2D eigenvalue weighted by Crippen LogP contribution is 2.14. The third kappa shape index (κ3) is 3.09. The first-order valence-corrected chi connectivity index (χ1v) is 4.73. The molecule has 1 heterocycles. The van der Waals surface area contributed by atoms with Crippen molar-refractivity contribution in [2.24, 2.45) is 5.92 Å². The Morgan fingerprint density at radius 1 is 1.42 bits per heavy atom. The van der Waals surface area contributed by atoms with Crippen LogP contribution in [0.1, 0.15) is 12.8 Å². The van der Waals surface area contributed by atoms with Crippen LogP contribution in [0.4, 0.5) is 0 Å². The number of hydrogen-bond donors (Lipinski definition) is 2. The molecule has 2 unspecified atom stereocenters. The van der Waals surface area contributed by atoms with E-state index in [9.17, 15) is 5.11 Å². The molecule has 2 N–H and O–H groups in total. The summed E-state index contributed by atoms with van der Waals surface area (Å²) in [7, 11) is 4.17. The van der Waals surface area contributed by atoms with Crippen LogP contribution in [0, 0.1) is 5.92 Å². The number of hydrogen-bond acceptors (Lipinski definition) is 3. The standard InChI is InChI=1S/C9H20N2O/c1-11(2)5-3-4-8-6-10-7-9(8)12/h8-10,12H,3-7H2,1-2H3. The molecule has 72 valence electrons. The van der Waals surface area contributed by atoms with Gasteiger partial charge in [0.1, 0.15) is 0 Å². The third-order valence-corrected chi connectivity index (χ3v) is 2.48. The molecule has 1 aliphatic rings. The minimum absolute atomic E-state index is 0.104. The lowest BCUT2D eigenvalue weighted by Crippen LogP contribution is -2.20. The zero-order chi connectivity index (χ0) is 8.97. The van der Waals surface area contributed by atoms with Crippen LogP contribution < -0.4 is 5.32 Å². The van der Waals surface area contributed by atoms with Crippen molar-refractivity contribution in [2.45, 2.75) is 18.9 Å². The van der Waals surface area contributed by atoms with Crippen molar-refractivity contribution < 1.29 is 5.11 Å². The van der Waals surface area contributed by atoms with Crippen molar-refractivity contribution in [3.63, 3.8) is 0 Å². The molecule has 1 fully saturated rings. The maximum Gasteiger partial charge on any atom is 0.0704 e. The van der Waals surface area contributed by atoms with E-state index in [1.807, 2.05) is 0 Å². The van der Waals surface area contributed by atoms with E-state index in [2.05, 4.69) is 24.3 Å². The Morgan fingerprint density at radius 3 is 2.67 bits per heavy atom. The van der Waals surface area contributed by atoms with Crippen LogP contribution in [0.15, 0.2) is 0 Å². The number of nitrogens with one attached hydrogen (secondary N) is 1. The summed E-state index contributed by atoms with van der Waals surface area (Å²) in [4.78, 5) is 2.19.